The summed E-state index contributed by atoms with van der Waals surface area (Å²) in [5.74, 6) is 0.796. The van der Waals surface area contributed by atoms with Gasteiger partial charge in [-0.2, -0.15) is 0 Å². The summed E-state index contributed by atoms with van der Waals surface area (Å²) < 4.78 is 15.9. The van der Waals surface area contributed by atoms with Crippen molar-refractivity contribution < 1.29 is 23.8 Å². The molecule has 1 aliphatic rings. The van der Waals surface area contributed by atoms with Crippen LogP contribution in [0.4, 0.5) is 11.4 Å². The van der Waals surface area contributed by atoms with Gasteiger partial charge in [0.15, 0.2) is 0 Å². The van der Waals surface area contributed by atoms with E-state index in [4.69, 9.17) is 14.2 Å². The Morgan fingerprint density at radius 2 is 1.77 bits per heavy atom. The molecule has 0 radical (unpaired) electrons. The van der Waals surface area contributed by atoms with E-state index in [9.17, 15) is 9.59 Å². The van der Waals surface area contributed by atoms with Gasteiger partial charge in [0.2, 0.25) is 11.8 Å². The van der Waals surface area contributed by atoms with Gasteiger partial charge in [0.25, 0.3) is 0 Å². The topological polar surface area (TPSA) is 80.3 Å². The lowest BCUT2D eigenvalue weighted by molar-refractivity contribution is -0.132. The van der Waals surface area contributed by atoms with Gasteiger partial charge in [0.1, 0.15) is 11.5 Å². The third kappa shape index (κ3) is 6.11. The van der Waals surface area contributed by atoms with Crippen LogP contribution in [0.2, 0.25) is 0 Å². The van der Waals surface area contributed by atoms with Crippen LogP contribution in [0, 0.1) is 0 Å². The van der Waals surface area contributed by atoms with Crippen LogP contribution in [-0.2, 0) is 20.7 Å². The van der Waals surface area contributed by atoms with Crippen LogP contribution in [0.1, 0.15) is 5.56 Å². The summed E-state index contributed by atoms with van der Waals surface area (Å²) >= 11 is 0. The number of ether oxygens (including phenoxy) is 3. The molecule has 1 N–H and O–H groups in total. The number of rotatable bonds is 8. The van der Waals surface area contributed by atoms with Crippen LogP contribution < -0.4 is 19.7 Å². The molecule has 0 spiro atoms. The summed E-state index contributed by atoms with van der Waals surface area (Å²) in [4.78, 5) is 28.6. The Hall–Kier alpha value is -3.26. The van der Waals surface area contributed by atoms with Crippen molar-refractivity contribution >= 4 is 23.2 Å². The van der Waals surface area contributed by atoms with Crippen LogP contribution in [0.3, 0.4) is 0 Å². The minimum atomic E-state index is -0.253. The second-order valence-corrected chi connectivity index (χ2v) is 7.30. The normalized spacial score (nSPS) is 13.5. The highest BCUT2D eigenvalue weighted by atomic mass is 16.5. The number of hydrogen-bond acceptors (Lipinski definition) is 6. The summed E-state index contributed by atoms with van der Waals surface area (Å²) in [6.45, 7) is 3.13. The zero-order valence-corrected chi connectivity index (χ0v) is 18.2. The van der Waals surface area contributed by atoms with Crippen molar-refractivity contribution in [2.24, 2.45) is 0 Å². The van der Waals surface area contributed by atoms with Gasteiger partial charge in [-0.3, -0.25) is 9.59 Å². The van der Waals surface area contributed by atoms with Crippen LogP contribution in [0.25, 0.3) is 0 Å². The predicted molar refractivity (Wildman–Crippen MR) is 119 cm³/mol. The molecule has 0 unspecified atom stereocenters. The van der Waals surface area contributed by atoms with Gasteiger partial charge in [-0.25, -0.2) is 0 Å². The van der Waals surface area contributed by atoms with E-state index in [0.29, 0.717) is 17.2 Å². The van der Waals surface area contributed by atoms with Crippen molar-refractivity contribution in [2.45, 2.75) is 6.42 Å². The molecular weight excluding hydrogens is 398 g/mol. The molecule has 3 rings (SSSR count). The highest BCUT2D eigenvalue weighted by Gasteiger charge is 2.17. The average molecular weight is 428 g/mol. The maximum atomic E-state index is 12.6. The summed E-state index contributed by atoms with van der Waals surface area (Å²) in [5, 5.41) is 2.84. The number of carbonyl (C=O) groups is 2. The van der Waals surface area contributed by atoms with Gasteiger partial charge in [0.05, 0.1) is 40.4 Å². The summed E-state index contributed by atoms with van der Waals surface area (Å²) in [6.07, 6.45) is 0.130. The molecule has 1 aliphatic heterocycles. The van der Waals surface area contributed by atoms with Gasteiger partial charge in [-0.1, -0.05) is 6.07 Å². The maximum absolute atomic E-state index is 12.6. The molecule has 1 saturated heterocycles. The minimum Gasteiger partial charge on any atom is -0.497 e. The zero-order valence-electron chi connectivity index (χ0n) is 18.2. The Morgan fingerprint density at radius 3 is 2.42 bits per heavy atom. The fourth-order valence-corrected chi connectivity index (χ4v) is 3.38. The molecule has 0 saturated carbocycles. The Kier molecular flexibility index (Phi) is 7.72. The smallest absolute Gasteiger partial charge is 0.243 e. The number of amides is 2. The predicted octanol–water partition coefficient (Wildman–Crippen LogP) is 2.18. The van der Waals surface area contributed by atoms with Crippen molar-refractivity contribution in [1.82, 2.24) is 4.90 Å². The van der Waals surface area contributed by atoms with Crippen molar-refractivity contribution in [3.63, 3.8) is 0 Å². The molecule has 0 aromatic heterocycles. The molecular formula is C23H29N3O5. The molecule has 0 atom stereocenters. The summed E-state index contributed by atoms with van der Waals surface area (Å²) in [7, 11) is 4.73. The Morgan fingerprint density at radius 1 is 1.06 bits per heavy atom. The molecule has 8 heteroatoms. The number of anilines is 2. The molecule has 166 valence electrons. The Bertz CT molecular complexity index is 895. The van der Waals surface area contributed by atoms with E-state index < -0.39 is 0 Å². The first kappa shape index (κ1) is 22.4. The van der Waals surface area contributed by atoms with Gasteiger partial charge in [-0.15, -0.1) is 0 Å². The Balaban J connectivity index is 1.52. The van der Waals surface area contributed by atoms with E-state index in [1.165, 1.54) is 4.90 Å². The lowest BCUT2D eigenvalue weighted by atomic mass is 10.1. The first-order valence-electron chi connectivity index (χ1n) is 10.2. The minimum absolute atomic E-state index is 0.0392. The van der Waals surface area contributed by atoms with Gasteiger partial charge >= 0.3 is 0 Å². The van der Waals surface area contributed by atoms with Crippen LogP contribution in [0.5, 0.6) is 11.5 Å². The number of morpholine rings is 1. The van der Waals surface area contributed by atoms with Crippen LogP contribution in [-0.4, -0.2) is 70.8 Å². The number of methoxy groups -OCH3 is 2. The maximum Gasteiger partial charge on any atom is 0.243 e. The molecule has 2 aromatic rings. The van der Waals surface area contributed by atoms with Gasteiger partial charge in [0, 0.05) is 43.1 Å². The van der Waals surface area contributed by atoms with E-state index in [1.54, 1.807) is 39.5 Å². The highest BCUT2D eigenvalue weighted by molar-refractivity contribution is 5.94. The van der Waals surface area contributed by atoms with Crippen molar-refractivity contribution in [3.05, 3.63) is 48.0 Å². The highest BCUT2D eigenvalue weighted by Crippen LogP contribution is 2.25. The van der Waals surface area contributed by atoms with Crippen LogP contribution >= 0.6 is 0 Å². The quantitative estimate of drug-likeness (QED) is 0.696. The van der Waals surface area contributed by atoms with Crippen molar-refractivity contribution in [3.8, 4) is 11.5 Å². The van der Waals surface area contributed by atoms with E-state index in [0.717, 1.165) is 37.6 Å². The summed E-state index contributed by atoms with van der Waals surface area (Å²) in [5.41, 5.74) is 2.53. The molecule has 2 amide bonds. The van der Waals surface area contributed by atoms with Gasteiger partial charge in [-0.05, 0) is 30.3 Å². The first-order chi connectivity index (χ1) is 15.0. The van der Waals surface area contributed by atoms with E-state index in [-0.39, 0.29) is 24.8 Å². The van der Waals surface area contributed by atoms with Crippen molar-refractivity contribution in [1.29, 1.82) is 0 Å². The van der Waals surface area contributed by atoms with E-state index in [1.807, 2.05) is 24.3 Å². The molecule has 31 heavy (non-hydrogen) atoms. The molecule has 0 bridgehead atoms. The summed E-state index contributed by atoms with van der Waals surface area (Å²) in [6, 6.07) is 13.0. The average Bonchev–Trinajstić information content (AvgIpc) is 2.80. The first-order valence-corrected chi connectivity index (χ1v) is 10.2. The number of hydrogen-bond donors (Lipinski definition) is 1. The lowest BCUT2D eigenvalue weighted by Crippen LogP contribution is -2.36. The zero-order chi connectivity index (χ0) is 22.2. The Labute approximate surface area is 182 Å². The number of nitrogens with zero attached hydrogens (tertiary/aromatic N) is 2. The number of benzene rings is 2. The van der Waals surface area contributed by atoms with Crippen molar-refractivity contribution in [2.75, 3.05) is 64.3 Å². The molecule has 1 fully saturated rings. The molecule has 8 nitrogen and oxygen atoms in total. The largest absolute Gasteiger partial charge is 0.497 e. The molecule has 1 heterocycles. The number of nitrogens with one attached hydrogen (secondary N) is 1. The second-order valence-electron chi connectivity index (χ2n) is 7.30. The van der Waals surface area contributed by atoms with Crippen LogP contribution in [0.15, 0.2) is 42.5 Å². The van der Waals surface area contributed by atoms with Gasteiger partial charge < -0.3 is 29.3 Å². The fourth-order valence-electron chi connectivity index (χ4n) is 3.38. The molecule has 0 aliphatic carbocycles. The van der Waals surface area contributed by atoms with E-state index >= 15 is 0 Å². The monoisotopic (exact) mass is 427 g/mol. The lowest BCUT2D eigenvalue weighted by Gasteiger charge is -2.28. The number of carbonyl (C=O) groups excluding carboxylic acids is 2. The third-order valence-electron chi connectivity index (χ3n) is 5.17. The number of likely N-dealkylation sites (N-methyl/N-ethyl adjacent to an activating group) is 1. The van der Waals surface area contributed by atoms with E-state index in [2.05, 4.69) is 10.2 Å². The standard InChI is InChI=1S/C23H29N3O5/c1-25(23(28)14-17-4-9-20(29-2)15-21(17)30-3)16-22(27)24-18-5-7-19(8-6-18)26-10-12-31-13-11-26/h4-9,15H,10-14,16H2,1-3H3,(H,24,27). The third-order valence-corrected chi connectivity index (χ3v) is 5.17. The second kappa shape index (κ2) is 10.7. The molecule has 2 aromatic carbocycles. The SMILES string of the molecule is COc1ccc(CC(=O)N(C)CC(=O)Nc2ccc(N3CCOCC3)cc2)c(OC)c1. The fraction of sp³-hybridized carbons (Fsp3) is 0.391.